The van der Waals surface area contributed by atoms with Gasteiger partial charge in [0, 0.05) is 18.7 Å². The number of alkyl carbamates (subject to hydrolysis) is 1. The Bertz CT molecular complexity index is 624. The molecule has 0 spiro atoms. The maximum absolute atomic E-state index is 11.7. The number of fused-ring (bicyclic) bond motifs is 1. The Morgan fingerprint density at radius 3 is 2.75 bits per heavy atom. The Kier molecular flexibility index (Phi) is 5.46. The van der Waals surface area contributed by atoms with Gasteiger partial charge in [-0.15, -0.1) is 0 Å². The highest BCUT2D eigenvalue weighted by Gasteiger charge is 2.27. The van der Waals surface area contributed by atoms with Gasteiger partial charge < -0.3 is 25.6 Å². The lowest BCUT2D eigenvalue weighted by molar-refractivity contribution is 0.0118. The second-order valence-corrected chi connectivity index (χ2v) is 6.79. The number of ether oxygens (including phenoxy) is 1. The third-order valence-corrected chi connectivity index (χ3v) is 3.67. The molecular formula is C17H24N2O5. The first-order valence-corrected chi connectivity index (χ1v) is 7.92. The van der Waals surface area contributed by atoms with Crippen LogP contribution in [0.4, 0.5) is 4.79 Å². The number of carbonyl (C=O) groups excluding carboxylic acids is 2. The first-order valence-electron chi connectivity index (χ1n) is 7.92. The fraction of sp³-hybridized carbons (Fsp3) is 0.529. The molecule has 4 N–H and O–H groups in total. The second-order valence-electron chi connectivity index (χ2n) is 6.79. The van der Waals surface area contributed by atoms with E-state index >= 15 is 0 Å². The van der Waals surface area contributed by atoms with Gasteiger partial charge in [0.2, 0.25) is 0 Å². The summed E-state index contributed by atoms with van der Waals surface area (Å²) in [7, 11) is 0. The quantitative estimate of drug-likeness (QED) is 0.647. The van der Waals surface area contributed by atoms with E-state index in [2.05, 4.69) is 10.6 Å². The molecule has 1 heterocycles. The lowest BCUT2D eigenvalue weighted by Gasteiger charge is -2.22. The van der Waals surface area contributed by atoms with Gasteiger partial charge in [0.15, 0.2) is 0 Å². The topological polar surface area (TPSA) is 108 Å². The van der Waals surface area contributed by atoms with E-state index in [1.54, 1.807) is 39.0 Å². The predicted octanol–water partition coefficient (Wildman–Crippen LogP) is 1.24. The summed E-state index contributed by atoms with van der Waals surface area (Å²) in [4.78, 5) is 23.2. The average Bonchev–Trinajstić information content (AvgIpc) is 2.86. The fourth-order valence-corrected chi connectivity index (χ4v) is 2.56. The zero-order chi connectivity index (χ0) is 17.9. The molecule has 2 amide bonds. The smallest absolute Gasteiger partial charge is 0.407 e. The van der Waals surface area contributed by atoms with Gasteiger partial charge in [-0.05, 0) is 44.4 Å². The summed E-state index contributed by atoms with van der Waals surface area (Å²) in [5.41, 5.74) is 1.15. The van der Waals surface area contributed by atoms with Gasteiger partial charge in [0.1, 0.15) is 11.7 Å². The zero-order valence-electron chi connectivity index (χ0n) is 14.1. The molecule has 132 valence electrons. The molecule has 7 heteroatoms. The average molecular weight is 336 g/mol. The molecule has 0 aliphatic carbocycles. The summed E-state index contributed by atoms with van der Waals surface area (Å²) in [5.74, 6) is -0.180. The van der Waals surface area contributed by atoms with Crippen molar-refractivity contribution >= 4 is 12.0 Å². The summed E-state index contributed by atoms with van der Waals surface area (Å²) in [6, 6.07) is 5.05. The molecular weight excluding hydrogens is 312 g/mol. The van der Waals surface area contributed by atoms with E-state index in [-0.39, 0.29) is 18.9 Å². The van der Waals surface area contributed by atoms with Crippen LogP contribution in [0.2, 0.25) is 0 Å². The number of amides is 2. The van der Waals surface area contributed by atoms with Crippen molar-refractivity contribution in [3.8, 4) is 0 Å². The Hall–Kier alpha value is -2.12. The van der Waals surface area contributed by atoms with E-state index in [1.165, 1.54) is 0 Å². The summed E-state index contributed by atoms with van der Waals surface area (Å²) in [6.45, 7) is 5.78. The largest absolute Gasteiger partial charge is 0.444 e. The maximum Gasteiger partial charge on any atom is 0.407 e. The molecule has 1 aromatic rings. The van der Waals surface area contributed by atoms with Crippen molar-refractivity contribution in [1.82, 2.24) is 10.6 Å². The van der Waals surface area contributed by atoms with Crippen LogP contribution in [0, 0.1) is 0 Å². The van der Waals surface area contributed by atoms with Gasteiger partial charge in [0.05, 0.1) is 6.10 Å². The van der Waals surface area contributed by atoms with Crippen LogP contribution in [0.15, 0.2) is 18.2 Å². The Labute approximate surface area is 141 Å². The van der Waals surface area contributed by atoms with Gasteiger partial charge in [-0.3, -0.25) is 4.79 Å². The molecule has 0 saturated heterocycles. The van der Waals surface area contributed by atoms with Crippen molar-refractivity contribution in [3.05, 3.63) is 34.9 Å². The van der Waals surface area contributed by atoms with Gasteiger partial charge in [-0.25, -0.2) is 4.79 Å². The number of benzene rings is 1. The Morgan fingerprint density at radius 1 is 1.38 bits per heavy atom. The first-order chi connectivity index (χ1) is 11.2. The normalized spacial score (nSPS) is 16.1. The number of aliphatic hydroxyl groups is 2. The third-order valence-electron chi connectivity index (χ3n) is 3.67. The summed E-state index contributed by atoms with van der Waals surface area (Å²) < 4.78 is 5.10. The van der Waals surface area contributed by atoms with Crippen LogP contribution in [0.25, 0.3) is 0 Å². The lowest BCUT2D eigenvalue weighted by atomic mass is 9.95. The summed E-state index contributed by atoms with van der Waals surface area (Å²) in [5, 5.41) is 25.8. The van der Waals surface area contributed by atoms with Crippen LogP contribution < -0.4 is 10.6 Å². The molecule has 24 heavy (non-hydrogen) atoms. The summed E-state index contributed by atoms with van der Waals surface area (Å²) in [6.07, 6.45) is -2.61. The van der Waals surface area contributed by atoms with E-state index in [9.17, 15) is 19.8 Å². The van der Waals surface area contributed by atoms with Crippen LogP contribution in [0.5, 0.6) is 0 Å². The van der Waals surface area contributed by atoms with Gasteiger partial charge in [-0.1, -0.05) is 12.1 Å². The lowest BCUT2D eigenvalue weighted by Crippen LogP contribution is -2.34. The van der Waals surface area contributed by atoms with Gasteiger partial charge >= 0.3 is 6.09 Å². The van der Waals surface area contributed by atoms with Crippen molar-refractivity contribution in [1.29, 1.82) is 0 Å². The van der Waals surface area contributed by atoms with Crippen molar-refractivity contribution in [2.45, 2.75) is 51.5 Å². The molecule has 2 rings (SSSR count). The number of rotatable bonds is 5. The molecule has 7 nitrogen and oxygen atoms in total. The van der Waals surface area contributed by atoms with Crippen molar-refractivity contribution in [3.63, 3.8) is 0 Å². The highest BCUT2D eigenvalue weighted by atomic mass is 16.6. The minimum Gasteiger partial charge on any atom is -0.444 e. The Morgan fingerprint density at radius 2 is 2.08 bits per heavy atom. The molecule has 1 aliphatic rings. The van der Waals surface area contributed by atoms with E-state index in [0.717, 1.165) is 0 Å². The number of carbonyl (C=O) groups is 2. The number of hydrogen-bond acceptors (Lipinski definition) is 5. The minimum absolute atomic E-state index is 0.158. The van der Waals surface area contributed by atoms with Gasteiger partial charge in [-0.2, -0.15) is 0 Å². The molecule has 0 radical (unpaired) electrons. The predicted molar refractivity (Wildman–Crippen MR) is 87.4 cm³/mol. The highest BCUT2D eigenvalue weighted by molar-refractivity contribution is 5.98. The van der Waals surface area contributed by atoms with Crippen LogP contribution in [-0.4, -0.2) is 40.5 Å². The van der Waals surface area contributed by atoms with Crippen molar-refractivity contribution < 1.29 is 24.5 Å². The first kappa shape index (κ1) is 18.2. The molecule has 0 bridgehead atoms. The molecule has 2 atom stereocenters. The SMILES string of the molecule is CC(C)(C)OC(=O)NCCC(O)C(O)c1cccc2c1CNC2=O. The minimum atomic E-state index is -1.13. The van der Waals surface area contributed by atoms with Crippen LogP contribution in [0.1, 0.15) is 54.8 Å². The number of aliphatic hydroxyl groups excluding tert-OH is 2. The highest BCUT2D eigenvalue weighted by Crippen LogP contribution is 2.27. The van der Waals surface area contributed by atoms with Gasteiger partial charge in [0.25, 0.3) is 5.91 Å². The van der Waals surface area contributed by atoms with E-state index in [4.69, 9.17) is 4.74 Å². The van der Waals surface area contributed by atoms with E-state index in [1.807, 2.05) is 0 Å². The number of hydrogen-bond donors (Lipinski definition) is 4. The Balaban J connectivity index is 1.91. The maximum atomic E-state index is 11.7. The van der Waals surface area contributed by atoms with Crippen LogP contribution in [-0.2, 0) is 11.3 Å². The molecule has 0 fully saturated rings. The van der Waals surface area contributed by atoms with Crippen molar-refractivity contribution in [2.24, 2.45) is 0 Å². The fourth-order valence-electron chi connectivity index (χ4n) is 2.56. The standard InChI is InChI=1S/C17H24N2O5/c1-17(2,3)24-16(23)18-8-7-13(20)14(21)10-5-4-6-11-12(10)9-19-15(11)22/h4-6,13-14,20-21H,7-9H2,1-3H3,(H,18,23)(H,19,22). The summed E-state index contributed by atoms with van der Waals surface area (Å²) >= 11 is 0. The molecule has 1 aliphatic heterocycles. The zero-order valence-corrected chi connectivity index (χ0v) is 14.1. The van der Waals surface area contributed by atoms with Crippen LogP contribution in [0.3, 0.4) is 0 Å². The monoisotopic (exact) mass is 336 g/mol. The van der Waals surface area contributed by atoms with Crippen LogP contribution >= 0.6 is 0 Å². The molecule has 2 unspecified atom stereocenters. The molecule has 0 saturated carbocycles. The van der Waals surface area contributed by atoms with Crippen molar-refractivity contribution in [2.75, 3.05) is 6.54 Å². The van der Waals surface area contributed by atoms with E-state index < -0.39 is 23.9 Å². The number of nitrogens with one attached hydrogen (secondary N) is 2. The molecule has 0 aromatic heterocycles. The third kappa shape index (κ3) is 4.46. The molecule has 1 aromatic carbocycles. The van der Waals surface area contributed by atoms with E-state index in [0.29, 0.717) is 23.2 Å². The second kappa shape index (κ2) is 7.19.